The van der Waals surface area contributed by atoms with Crippen molar-refractivity contribution in [2.75, 3.05) is 13.7 Å². The van der Waals surface area contributed by atoms with Gasteiger partial charge in [-0.3, -0.25) is 9.59 Å². The maximum absolute atomic E-state index is 13.2. The Kier molecular flexibility index (Phi) is 6.00. The molecule has 0 spiro atoms. The van der Waals surface area contributed by atoms with Crippen LogP contribution in [0.15, 0.2) is 91.0 Å². The van der Waals surface area contributed by atoms with E-state index >= 15 is 0 Å². The van der Waals surface area contributed by atoms with Crippen LogP contribution in [0.25, 0.3) is 21.9 Å². The fourth-order valence-electron chi connectivity index (χ4n) is 4.45. The minimum absolute atomic E-state index is 0.0491. The highest BCUT2D eigenvalue weighted by molar-refractivity contribution is 5.95. The summed E-state index contributed by atoms with van der Waals surface area (Å²) in [5.41, 5.74) is 4.20. The van der Waals surface area contributed by atoms with Crippen molar-refractivity contribution in [3.63, 3.8) is 0 Å². The number of hydrogen-bond acceptors (Lipinski definition) is 3. The number of nitrogens with one attached hydrogen (secondary N) is 1. The molecule has 1 saturated heterocycles. The molecule has 1 fully saturated rings. The summed E-state index contributed by atoms with van der Waals surface area (Å²) in [5, 5.41) is 5.16. The van der Waals surface area contributed by atoms with Gasteiger partial charge in [-0.15, -0.1) is 0 Å². The molecule has 1 heterocycles. The van der Waals surface area contributed by atoms with Crippen molar-refractivity contribution < 1.29 is 14.3 Å². The van der Waals surface area contributed by atoms with Gasteiger partial charge in [-0.25, -0.2) is 0 Å². The molecule has 5 nitrogen and oxygen atoms in total. The molecule has 170 valence electrons. The number of piperazine rings is 1. The standard InChI is InChI=1S/C29H26N2O3/c1-34-26-14-12-24(13-15-26)23-9-6-20(7-10-23)18-31-19-28(32)30-27(29(31)33)17-21-8-11-22-4-2-3-5-25(22)16-21/h2-16,27H,17-19H2,1H3,(H,30,32). The Bertz CT molecular complexity index is 1330. The van der Waals surface area contributed by atoms with Crippen LogP contribution in [0.3, 0.4) is 0 Å². The topological polar surface area (TPSA) is 58.6 Å². The van der Waals surface area contributed by atoms with Gasteiger partial charge in [-0.2, -0.15) is 0 Å². The molecule has 1 aliphatic heterocycles. The first-order valence-corrected chi connectivity index (χ1v) is 11.4. The Morgan fingerprint density at radius 1 is 0.824 bits per heavy atom. The number of carbonyl (C=O) groups is 2. The molecule has 1 unspecified atom stereocenters. The molecule has 0 bridgehead atoms. The molecule has 2 amide bonds. The summed E-state index contributed by atoms with van der Waals surface area (Å²) in [6.45, 7) is 0.483. The van der Waals surface area contributed by atoms with E-state index in [4.69, 9.17) is 4.74 Å². The maximum Gasteiger partial charge on any atom is 0.246 e. The van der Waals surface area contributed by atoms with E-state index < -0.39 is 6.04 Å². The van der Waals surface area contributed by atoms with Crippen LogP contribution in [0.5, 0.6) is 5.75 Å². The van der Waals surface area contributed by atoms with Gasteiger partial charge in [-0.1, -0.05) is 78.9 Å². The molecular formula is C29H26N2O3. The van der Waals surface area contributed by atoms with Crippen molar-refractivity contribution in [3.8, 4) is 16.9 Å². The summed E-state index contributed by atoms with van der Waals surface area (Å²) in [5.74, 6) is 0.646. The van der Waals surface area contributed by atoms with E-state index in [-0.39, 0.29) is 18.4 Å². The van der Waals surface area contributed by atoms with Gasteiger partial charge in [0, 0.05) is 13.0 Å². The van der Waals surface area contributed by atoms with E-state index in [2.05, 4.69) is 29.6 Å². The lowest BCUT2D eigenvalue weighted by atomic mass is 9.99. The van der Waals surface area contributed by atoms with Crippen molar-refractivity contribution in [2.45, 2.75) is 19.0 Å². The fraction of sp³-hybridized carbons (Fsp3) is 0.172. The second-order valence-corrected chi connectivity index (χ2v) is 8.63. The van der Waals surface area contributed by atoms with Crippen LogP contribution in [0.4, 0.5) is 0 Å². The second-order valence-electron chi connectivity index (χ2n) is 8.63. The fourth-order valence-corrected chi connectivity index (χ4v) is 4.45. The molecule has 5 rings (SSSR count). The Morgan fingerprint density at radius 3 is 2.18 bits per heavy atom. The summed E-state index contributed by atoms with van der Waals surface area (Å²) in [6.07, 6.45) is 0.475. The summed E-state index contributed by atoms with van der Waals surface area (Å²) in [6, 6.07) is 29.8. The molecule has 4 aromatic carbocycles. The molecule has 1 atom stereocenters. The minimum Gasteiger partial charge on any atom is -0.497 e. The maximum atomic E-state index is 13.2. The zero-order chi connectivity index (χ0) is 23.5. The molecule has 0 aliphatic carbocycles. The number of hydrogen-bond donors (Lipinski definition) is 1. The van der Waals surface area contributed by atoms with Gasteiger partial charge in [0.15, 0.2) is 0 Å². The highest BCUT2D eigenvalue weighted by Gasteiger charge is 2.32. The number of amides is 2. The van der Waals surface area contributed by atoms with E-state index in [0.29, 0.717) is 13.0 Å². The van der Waals surface area contributed by atoms with Gasteiger partial charge in [0.05, 0.1) is 13.7 Å². The largest absolute Gasteiger partial charge is 0.497 e. The van der Waals surface area contributed by atoms with Gasteiger partial charge < -0.3 is 15.0 Å². The molecular weight excluding hydrogens is 424 g/mol. The van der Waals surface area contributed by atoms with Crippen LogP contribution in [-0.4, -0.2) is 36.4 Å². The van der Waals surface area contributed by atoms with E-state index in [1.807, 2.05) is 66.7 Å². The van der Waals surface area contributed by atoms with Gasteiger partial charge >= 0.3 is 0 Å². The van der Waals surface area contributed by atoms with Gasteiger partial charge in [0.25, 0.3) is 0 Å². The highest BCUT2D eigenvalue weighted by atomic mass is 16.5. The van der Waals surface area contributed by atoms with Crippen molar-refractivity contribution in [3.05, 3.63) is 102 Å². The minimum atomic E-state index is -0.555. The smallest absolute Gasteiger partial charge is 0.246 e. The molecule has 5 heteroatoms. The molecule has 4 aromatic rings. The third-order valence-electron chi connectivity index (χ3n) is 6.28. The van der Waals surface area contributed by atoms with Crippen molar-refractivity contribution in [2.24, 2.45) is 0 Å². The molecule has 0 aromatic heterocycles. The van der Waals surface area contributed by atoms with Crippen molar-refractivity contribution in [1.29, 1.82) is 0 Å². The molecule has 0 saturated carbocycles. The first-order chi connectivity index (χ1) is 16.6. The van der Waals surface area contributed by atoms with Crippen LogP contribution < -0.4 is 10.1 Å². The van der Waals surface area contributed by atoms with E-state index in [1.54, 1.807) is 12.0 Å². The van der Waals surface area contributed by atoms with Crippen LogP contribution in [-0.2, 0) is 22.6 Å². The monoisotopic (exact) mass is 450 g/mol. The summed E-state index contributed by atoms with van der Waals surface area (Å²) in [7, 11) is 1.65. The molecule has 1 aliphatic rings. The predicted octanol–water partition coefficient (Wildman–Crippen LogP) is 4.59. The van der Waals surface area contributed by atoms with Gasteiger partial charge in [0.1, 0.15) is 11.8 Å². The van der Waals surface area contributed by atoms with Crippen LogP contribution >= 0.6 is 0 Å². The molecule has 0 radical (unpaired) electrons. The van der Waals surface area contributed by atoms with Crippen molar-refractivity contribution >= 4 is 22.6 Å². The van der Waals surface area contributed by atoms with Crippen molar-refractivity contribution in [1.82, 2.24) is 10.2 Å². The average molecular weight is 451 g/mol. The number of nitrogens with zero attached hydrogens (tertiary/aromatic N) is 1. The number of rotatable bonds is 6. The summed E-state index contributed by atoms with van der Waals surface area (Å²) < 4.78 is 5.22. The predicted molar refractivity (Wildman–Crippen MR) is 133 cm³/mol. The Hall–Kier alpha value is -4.12. The molecule has 1 N–H and O–H groups in total. The van der Waals surface area contributed by atoms with Crippen LogP contribution in [0.2, 0.25) is 0 Å². The van der Waals surface area contributed by atoms with E-state index in [0.717, 1.165) is 38.8 Å². The highest BCUT2D eigenvalue weighted by Crippen LogP contribution is 2.24. The van der Waals surface area contributed by atoms with Gasteiger partial charge in [-0.05, 0) is 45.2 Å². The lowest BCUT2D eigenvalue weighted by Gasteiger charge is -2.32. The number of fused-ring (bicyclic) bond motifs is 1. The van der Waals surface area contributed by atoms with Gasteiger partial charge in [0.2, 0.25) is 11.8 Å². The number of ether oxygens (including phenoxy) is 1. The quantitative estimate of drug-likeness (QED) is 0.468. The van der Waals surface area contributed by atoms with Crippen LogP contribution in [0, 0.1) is 0 Å². The summed E-state index contributed by atoms with van der Waals surface area (Å²) in [4.78, 5) is 27.2. The zero-order valence-electron chi connectivity index (χ0n) is 19.0. The SMILES string of the molecule is COc1ccc(-c2ccc(CN3CC(=O)NC(Cc4ccc5ccccc5c4)C3=O)cc2)cc1. The zero-order valence-corrected chi connectivity index (χ0v) is 19.0. The average Bonchev–Trinajstić information content (AvgIpc) is 2.87. The number of benzene rings is 4. The molecule has 34 heavy (non-hydrogen) atoms. The third kappa shape index (κ3) is 4.64. The lowest BCUT2D eigenvalue weighted by Crippen LogP contribution is -2.58. The first kappa shape index (κ1) is 21.7. The number of methoxy groups -OCH3 is 1. The van der Waals surface area contributed by atoms with E-state index in [9.17, 15) is 9.59 Å². The normalized spacial score (nSPS) is 15.9. The first-order valence-electron chi connectivity index (χ1n) is 11.4. The van der Waals surface area contributed by atoms with E-state index in [1.165, 1.54) is 0 Å². The number of carbonyl (C=O) groups excluding carboxylic acids is 2. The van der Waals surface area contributed by atoms with Crippen LogP contribution in [0.1, 0.15) is 11.1 Å². The second kappa shape index (κ2) is 9.40. The lowest BCUT2D eigenvalue weighted by molar-refractivity contribution is -0.144. The Balaban J connectivity index is 1.28. The summed E-state index contributed by atoms with van der Waals surface area (Å²) >= 11 is 0. The Labute approximate surface area is 199 Å². The Morgan fingerprint density at radius 2 is 1.47 bits per heavy atom. The third-order valence-corrected chi connectivity index (χ3v) is 6.28.